The highest BCUT2D eigenvalue weighted by molar-refractivity contribution is 5.93. The van der Waals surface area contributed by atoms with E-state index in [0.717, 1.165) is 12.8 Å². The minimum Gasteiger partial charge on any atom is -0.334 e. The number of carbonyl (C=O) groups excluding carboxylic acids is 1. The molecule has 4 nitrogen and oxygen atoms in total. The summed E-state index contributed by atoms with van der Waals surface area (Å²) in [5.74, 6) is -1.19. The molecule has 0 aliphatic heterocycles. The van der Waals surface area contributed by atoms with Gasteiger partial charge in [0.05, 0.1) is 11.0 Å². The highest BCUT2D eigenvalue weighted by atomic mass is 19.4. The second kappa shape index (κ2) is 5.52. The van der Waals surface area contributed by atoms with Crippen LogP contribution >= 0.6 is 0 Å². The standard InChI is InChI=1S/C13H14F3N3O/c1-2-3-4-11(20)17-8-5-6-9-10(7-8)19-12(18-9)13(14,15)16/h5-7H,2-4H2,1H3,(H,17,20)(H,18,19). The van der Waals surface area contributed by atoms with Crippen LogP contribution in [0.1, 0.15) is 32.0 Å². The number of rotatable bonds is 4. The molecule has 2 rings (SSSR count). The Labute approximate surface area is 113 Å². The molecule has 1 aromatic carbocycles. The van der Waals surface area contributed by atoms with Crippen LogP contribution in [0.15, 0.2) is 18.2 Å². The molecule has 0 bridgehead atoms. The summed E-state index contributed by atoms with van der Waals surface area (Å²) in [6, 6.07) is 4.42. The number of H-pyrrole nitrogens is 1. The van der Waals surface area contributed by atoms with E-state index in [1.165, 1.54) is 18.2 Å². The van der Waals surface area contributed by atoms with Crippen LogP contribution in [0, 0.1) is 0 Å². The number of fused-ring (bicyclic) bond motifs is 1. The fraction of sp³-hybridized carbons (Fsp3) is 0.385. The van der Waals surface area contributed by atoms with Crippen molar-refractivity contribution >= 4 is 22.6 Å². The van der Waals surface area contributed by atoms with Gasteiger partial charge in [-0.3, -0.25) is 4.79 Å². The molecule has 0 atom stereocenters. The molecule has 1 aromatic heterocycles. The highest BCUT2D eigenvalue weighted by Crippen LogP contribution is 2.29. The van der Waals surface area contributed by atoms with Gasteiger partial charge in [0.15, 0.2) is 0 Å². The zero-order valence-electron chi connectivity index (χ0n) is 10.8. The van der Waals surface area contributed by atoms with Crippen molar-refractivity contribution in [3.63, 3.8) is 0 Å². The SMILES string of the molecule is CCCCC(=O)Nc1ccc2nc(C(F)(F)F)[nH]c2c1. The van der Waals surface area contributed by atoms with E-state index in [1.807, 2.05) is 6.92 Å². The first-order valence-electron chi connectivity index (χ1n) is 6.27. The Hall–Kier alpha value is -2.05. The van der Waals surface area contributed by atoms with Crippen LogP contribution in [-0.4, -0.2) is 15.9 Å². The Morgan fingerprint density at radius 3 is 2.80 bits per heavy atom. The molecule has 0 saturated heterocycles. The molecule has 0 unspecified atom stereocenters. The zero-order chi connectivity index (χ0) is 14.8. The molecule has 2 aromatic rings. The lowest BCUT2D eigenvalue weighted by molar-refractivity contribution is -0.144. The molecular weight excluding hydrogens is 271 g/mol. The molecule has 2 N–H and O–H groups in total. The van der Waals surface area contributed by atoms with Crippen LogP contribution in [0.5, 0.6) is 0 Å². The van der Waals surface area contributed by atoms with Crippen molar-refractivity contribution < 1.29 is 18.0 Å². The van der Waals surface area contributed by atoms with Crippen LogP contribution in [-0.2, 0) is 11.0 Å². The van der Waals surface area contributed by atoms with E-state index >= 15 is 0 Å². The van der Waals surface area contributed by atoms with E-state index in [9.17, 15) is 18.0 Å². The van der Waals surface area contributed by atoms with Gasteiger partial charge in [-0.2, -0.15) is 13.2 Å². The number of halogens is 3. The van der Waals surface area contributed by atoms with E-state index in [2.05, 4.69) is 15.3 Å². The van der Waals surface area contributed by atoms with Crippen molar-refractivity contribution in [2.75, 3.05) is 5.32 Å². The molecule has 0 radical (unpaired) electrons. The molecule has 1 amide bonds. The number of carbonyl (C=O) groups is 1. The molecule has 20 heavy (non-hydrogen) atoms. The number of hydrogen-bond acceptors (Lipinski definition) is 2. The highest BCUT2D eigenvalue weighted by Gasteiger charge is 2.34. The predicted molar refractivity (Wildman–Crippen MR) is 69.3 cm³/mol. The summed E-state index contributed by atoms with van der Waals surface area (Å²) in [7, 11) is 0. The average molecular weight is 285 g/mol. The first-order valence-corrected chi connectivity index (χ1v) is 6.27. The molecule has 108 valence electrons. The zero-order valence-corrected chi connectivity index (χ0v) is 10.8. The van der Waals surface area contributed by atoms with E-state index in [4.69, 9.17) is 0 Å². The lowest BCUT2D eigenvalue weighted by Crippen LogP contribution is -2.10. The van der Waals surface area contributed by atoms with Crippen molar-refractivity contribution in [3.8, 4) is 0 Å². The van der Waals surface area contributed by atoms with Gasteiger partial charge >= 0.3 is 6.18 Å². The Balaban J connectivity index is 2.19. The maximum Gasteiger partial charge on any atom is 0.449 e. The van der Waals surface area contributed by atoms with Crippen LogP contribution in [0.3, 0.4) is 0 Å². The molecule has 0 saturated carbocycles. The summed E-state index contributed by atoms with van der Waals surface area (Å²) in [6.07, 6.45) is -2.44. The quantitative estimate of drug-likeness (QED) is 0.899. The van der Waals surface area contributed by atoms with Crippen molar-refractivity contribution in [2.24, 2.45) is 0 Å². The summed E-state index contributed by atoms with van der Waals surface area (Å²) in [4.78, 5) is 17.2. The lowest BCUT2D eigenvalue weighted by atomic mass is 10.2. The second-order valence-electron chi connectivity index (χ2n) is 4.47. The number of imidazole rings is 1. The van der Waals surface area contributed by atoms with Gasteiger partial charge < -0.3 is 10.3 Å². The van der Waals surface area contributed by atoms with E-state index in [-0.39, 0.29) is 16.9 Å². The third-order valence-electron chi connectivity index (χ3n) is 2.79. The lowest BCUT2D eigenvalue weighted by Gasteiger charge is -2.04. The number of aromatic nitrogens is 2. The van der Waals surface area contributed by atoms with Gasteiger partial charge in [-0.1, -0.05) is 13.3 Å². The normalized spacial score (nSPS) is 11.8. The van der Waals surface area contributed by atoms with Gasteiger partial charge in [0.25, 0.3) is 0 Å². The number of benzene rings is 1. The number of alkyl halides is 3. The van der Waals surface area contributed by atoms with Gasteiger partial charge in [-0.25, -0.2) is 4.98 Å². The number of anilines is 1. The number of hydrogen-bond donors (Lipinski definition) is 2. The van der Waals surface area contributed by atoms with Crippen LogP contribution in [0.25, 0.3) is 11.0 Å². The predicted octanol–water partition coefficient (Wildman–Crippen LogP) is 3.71. The molecule has 0 aliphatic carbocycles. The number of aromatic amines is 1. The number of nitrogens with zero attached hydrogens (tertiary/aromatic N) is 1. The van der Waals surface area contributed by atoms with Crippen molar-refractivity contribution in [1.29, 1.82) is 0 Å². The van der Waals surface area contributed by atoms with Gasteiger partial charge in [0.2, 0.25) is 11.7 Å². The minimum atomic E-state index is -4.51. The average Bonchev–Trinajstić information content (AvgIpc) is 2.79. The van der Waals surface area contributed by atoms with Crippen molar-refractivity contribution in [2.45, 2.75) is 32.4 Å². The molecule has 0 fully saturated rings. The minimum absolute atomic E-state index is 0.151. The third-order valence-corrected chi connectivity index (χ3v) is 2.79. The monoisotopic (exact) mass is 285 g/mol. The summed E-state index contributed by atoms with van der Waals surface area (Å²) >= 11 is 0. The maximum absolute atomic E-state index is 12.5. The van der Waals surface area contributed by atoms with Crippen LogP contribution in [0.4, 0.5) is 18.9 Å². The first-order chi connectivity index (χ1) is 9.40. The Morgan fingerprint density at radius 2 is 2.15 bits per heavy atom. The van der Waals surface area contributed by atoms with Gasteiger partial charge in [0, 0.05) is 12.1 Å². The maximum atomic E-state index is 12.5. The number of nitrogens with one attached hydrogen (secondary N) is 2. The van der Waals surface area contributed by atoms with Gasteiger partial charge in [-0.05, 0) is 24.6 Å². The van der Waals surface area contributed by atoms with Gasteiger partial charge in [0.1, 0.15) is 0 Å². The molecular formula is C13H14F3N3O. The second-order valence-corrected chi connectivity index (χ2v) is 4.47. The first kappa shape index (κ1) is 14.4. The van der Waals surface area contributed by atoms with Crippen LogP contribution < -0.4 is 5.32 Å². The summed E-state index contributed by atoms with van der Waals surface area (Å²) in [5, 5.41) is 2.65. The van der Waals surface area contributed by atoms with Crippen molar-refractivity contribution in [1.82, 2.24) is 9.97 Å². The molecule has 7 heteroatoms. The van der Waals surface area contributed by atoms with E-state index in [0.29, 0.717) is 12.1 Å². The number of amides is 1. The van der Waals surface area contributed by atoms with E-state index < -0.39 is 12.0 Å². The Kier molecular flexibility index (Phi) is 3.96. The molecule has 1 heterocycles. The molecule has 0 spiro atoms. The smallest absolute Gasteiger partial charge is 0.334 e. The fourth-order valence-corrected chi connectivity index (χ4v) is 1.78. The summed E-state index contributed by atoms with van der Waals surface area (Å²) < 4.78 is 37.5. The Morgan fingerprint density at radius 1 is 1.40 bits per heavy atom. The topological polar surface area (TPSA) is 57.8 Å². The van der Waals surface area contributed by atoms with E-state index in [1.54, 1.807) is 0 Å². The third kappa shape index (κ3) is 3.28. The summed E-state index contributed by atoms with van der Waals surface area (Å²) in [6.45, 7) is 1.97. The summed E-state index contributed by atoms with van der Waals surface area (Å²) in [5.41, 5.74) is 0.908. The number of unbranched alkanes of at least 4 members (excludes halogenated alkanes) is 1. The Bertz CT molecular complexity index is 619. The molecule has 0 aliphatic rings. The van der Waals surface area contributed by atoms with Crippen LogP contribution in [0.2, 0.25) is 0 Å². The fourth-order valence-electron chi connectivity index (χ4n) is 1.78. The largest absolute Gasteiger partial charge is 0.449 e. The van der Waals surface area contributed by atoms with Gasteiger partial charge in [-0.15, -0.1) is 0 Å². The van der Waals surface area contributed by atoms with Crippen molar-refractivity contribution in [3.05, 3.63) is 24.0 Å².